The normalized spacial score (nSPS) is 10.5. The van der Waals surface area contributed by atoms with E-state index in [4.69, 9.17) is 16.3 Å². The van der Waals surface area contributed by atoms with Crippen LogP contribution in [0.5, 0.6) is 5.75 Å². The molecule has 5 heteroatoms. The first-order chi connectivity index (χ1) is 9.76. The second-order valence-corrected chi connectivity index (χ2v) is 4.65. The second kappa shape index (κ2) is 5.35. The summed E-state index contributed by atoms with van der Waals surface area (Å²) in [6.45, 7) is 0. The van der Waals surface area contributed by atoms with Gasteiger partial charge in [-0.25, -0.2) is 4.98 Å². The lowest BCUT2D eigenvalue weighted by Crippen LogP contribution is -1.98. The highest BCUT2D eigenvalue weighted by molar-refractivity contribution is 6.31. The van der Waals surface area contributed by atoms with E-state index in [0.717, 1.165) is 16.7 Å². The summed E-state index contributed by atoms with van der Waals surface area (Å²) < 4.78 is 5.29. The van der Waals surface area contributed by atoms with Crippen LogP contribution < -0.4 is 10.1 Å². The van der Waals surface area contributed by atoms with Crippen LogP contribution >= 0.6 is 11.6 Å². The molecule has 0 fully saturated rings. The number of halogens is 1. The molecule has 0 aliphatic carbocycles. The van der Waals surface area contributed by atoms with Crippen molar-refractivity contribution in [2.24, 2.45) is 0 Å². The van der Waals surface area contributed by atoms with Crippen molar-refractivity contribution in [3.05, 3.63) is 53.7 Å². The molecule has 3 aromatic rings. The van der Waals surface area contributed by atoms with Crippen LogP contribution in [0.4, 0.5) is 11.5 Å². The Kier molecular flexibility index (Phi) is 3.39. The summed E-state index contributed by atoms with van der Waals surface area (Å²) in [6.07, 6.45) is 1.68. The zero-order valence-corrected chi connectivity index (χ0v) is 11.6. The highest BCUT2D eigenvalue weighted by Gasteiger charge is 2.06. The molecule has 0 saturated heterocycles. The molecule has 0 aliphatic rings. The fourth-order valence-electron chi connectivity index (χ4n) is 1.93. The van der Waals surface area contributed by atoms with Gasteiger partial charge in [-0.3, -0.25) is 4.98 Å². The summed E-state index contributed by atoms with van der Waals surface area (Å²) in [5.74, 6) is 1.34. The first kappa shape index (κ1) is 12.7. The van der Waals surface area contributed by atoms with Gasteiger partial charge in [-0.05, 0) is 30.3 Å². The van der Waals surface area contributed by atoms with Crippen LogP contribution in [0.25, 0.3) is 11.0 Å². The lowest BCUT2D eigenvalue weighted by atomic mass is 10.3. The topological polar surface area (TPSA) is 47.0 Å². The first-order valence-corrected chi connectivity index (χ1v) is 6.46. The number of rotatable bonds is 3. The summed E-state index contributed by atoms with van der Waals surface area (Å²) in [5, 5.41) is 3.80. The molecule has 100 valence electrons. The predicted molar refractivity (Wildman–Crippen MR) is 80.8 cm³/mol. The molecule has 0 aliphatic heterocycles. The maximum atomic E-state index is 6.00. The van der Waals surface area contributed by atoms with Gasteiger partial charge in [-0.1, -0.05) is 23.7 Å². The van der Waals surface area contributed by atoms with Crippen LogP contribution in [-0.4, -0.2) is 17.1 Å². The van der Waals surface area contributed by atoms with Crippen molar-refractivity contribution < 1.29 is 4.74 Å². The molecule has 0 saturated carbocycles. The van der Waals surface area contributed by atoms with Gasteiger partial charge in [-0.2, -0.15) is 0 Å². The molecular weight excluding hydrogens is 274 g/mol. The molecule has 20 heavy (non-hydrogen) atoms. The van der Waals surface area contributed by atoms with Gasteiger partial charge in [0.05, 0.1) is 30.0 Å². The minimum atomic E-state index is 0.627. The van der Waals surface area contributed by atoms with Crippen molar-refractivity contribution >= 4 is 34.1 Å². The quantitative estimate of drug-likeness (QED) is 0.789. The van der Waals surface area contributed by atoms with Crippen molar-refractivity contribution in [2.45, 2.75) is 0 Å². The lowest BCUT2D eigenvalue weighted by Gasteiger charge is -2.11. The van der Waals surface area contributed by atoms with E-state index in [1.807, 2.05) is 24.3 Å². The molecule has 1 N–H and O–H groups in total. The zero-order valence-electron chi connectivity index (χ0n) is 10.8. The van der Waals surface area contributed by atoms with Gasteiger partial charge >= 0.3 is 0 Å². The molecule has 0 radical (unpaired) electrons. The molecule has 0 spiro atoms. The Morgan fingerprint density at radius 1 is 1.10 bits per heavy atom. The number of anilines is 2. The van der Waals surface area contributed by atoms with Crippen LogP contribution in [-0.2, 0) is 0 Å². The monoisotopic (exact) mass is 285 g/mol. The smallest absolute Gasteiger partial charge is 0.149 e. The summed E-state index contributed by atoms with van der Waals surface area (Å²) in [7, 11) is 1.61. The van der Waals surface area contributed by atoms with Gasteiger partial charge in [0.15, 0.2) is 0 Å². The molecule has 2 aromatic carbocycles. The molecule has 4 nitrogen and oxygen atoms in total. The van der Waals surface area contributed by atoms with E-state index >= 15 is 0 Å². The van der Waals surface area contributed by atoms with Crippen molar-refractivity contribution in [3.8, 4) is 5.75 Å². The molecule has 0 amide bonds. The number of para-hydroxylation sites is 2. The maximum absolute atomic E-state index is 6.00. The van der Waals surface area contributed by atoms with Gasteiger partial charge in [0, 0.05) is 5.02 Å². The molecule has 1 heterocycles. The third kappa shape index (κ3) is 2.51. The van der Waals surface area contributed by atoms with Crippen LogP contribution in [0.2, 0.25) is 5.02 Å². The van der Waals surface area contributed by atoms with Crippen molar-refractivity contribution in [1.82, 2.24) is 9.97 Å². The average molecular weight is 286 g/mol. The lowest BCUT2D eigenvalue weighted by molar-refractivity contribution is 0.417. The molecule has 0 bridgehead atoms. The van der Waals surface area contributed by atoms with Gasteiger partial charge < -0.3 is 10.1 Å². The number of hydrogen-bond acceptors (Lipinski definition) is 4. The number of aromatic nitrogens is 2. The van der Waals surface area contributed by atoms with Crippen LogP contribution in [0.1, 0.15) is 0 Å². The number of nitrogens with zero attached hydrogens (tertiary/aromatic N) is 2. The Morgan fingerprint density at radius 2 is 1.90 bits per heavy atom. The summed E-state index contributed by atoms with van der Waals surface area (Å²) in [6, 6.07) is 13.1. The fourth-order valence-corrected chi connectivity index (χ4v) is 2.11. The van der Waals surface area contributed by atoms with E-state index in [1.165, 1.54) is 0 Å². The van der Waals surface area contributed by atoms with E-state index in [0.29, 0.717) is 16.6 Å². The van der Waals surface area contributed by atoms with Crippen LogP contribution in [0, 0.1) is 0 Å². The van der Waals surface area contributed by atoms with E-state index in [2.05, 4.69) is 15.3 Å². The third-order valence-corrected chi connectivity index (χ3v) is 3.11. The maximum Gasteiger partial charge on any atom is 0.149 e. The second-order valence-electron chi connectivity index (χ2n) is 4.21. The van der Waals surface area contributed by atoms with Crippen molar-refractivity contribution in [1.29, 1.82) is 0 Å². The molecule has 0 atom stereocenters. The highest BCUT2D eigenvalue weighted by Crippen LogP contribution is 2.30. The van der Waals surface area contributed by atoms with Crippen molar-refractivity contribution in [3.63, 3.8) is 0 Å². The standard InChI is InChI=1S/C15H12ClN3O/c1-20-14-7-6-10(16)8-13(14)19-15-9-17-11-4-2-3-5-12(11)18-15/h2-9H,1H3,(H,18,19). The number of ether oxygens (including phenoxy) is 1. The van der Waals surface area contributed by atoms with Gasteiger partial charge in [-0.15, -0.1) is 0 Å². The number of hydrogen-bond donors (Lipinski definition) is 1. The SMILES string of the molecule is COc1ccc(Cl)cc1Nc1cnc2ccccc2n1. The van der Waals surface area contributed by atoms with E-state index < -0.39 is 0 Å². The molecule has 0 unspecified atom stereocenters. The predicted octanol–water partition coefficient (Wildman–Crippen LogP) is 4.04. The fraction of sp³-hybridized carbons (Fsp3) is 0.0667. The minimum absolute atomic E-state index is 0.627. The Hall–Kier alpha value is -2.33. The van der Waals surface area contributed by atoms with Gasteiger partial charge in [0.25, 0.3) is 0 Å². The average Bonchev–Trinajstić information content (AvgIpc) is 2.47. The Labute approximate surface area is 121 Å². The summed E-state index contributed by atoms with van der Waals surface area (Å²) >= 11 is 6.00. The molecule has 1 aromatic heterocycles. The number of methoxy groups -OCH3 is 1. The third-order valence-electron chi connectivity index (χ3n) is 2.87. The molecular formula is C15H12ClN3O. The Morgan fingerprint density at radius 3 is 2.70 bits per heavy atom. The summed E-state index contributed by atoms with van der Waals surface area (Å²) in [5.41, 5.74) is 2.44. The largest absolute Gasteiger partial charge is 0.495 e. The number of fused-ring (bicyclic) bond motifs is 1. The van der Waals surface area contributed by atoms with Gasteiger partial charge in [0.2, 0.25) is 0 Å². The van der Waals surface area contributed by atoms with Crippen molar-refractivity contribution in [2.75, 3.05) is 12.4 Å². The van der Waals surface area contributed by atoms with E-state index in [9.17, 15) is 0 Å². The van der Waals surface area contributed by atoms with Gasteiger partial charge in [0.1, 0.15) is 11.6 Å². The highest BCUT2D eigenvalue weighted by atomic mass is 35.5. The summed E-state index contributed by atoms with van der Waals surface area (Å²) in [4.78, 5) is 8.86. The Bertz CT molecular complexity index is 761. The minimum Gasteiger partial charge on any atom is -0.495 e. The zero-order chi connectivity index (χ0) is 13.9. The number of benzene rings is 2. The molecule has 3 rings (SSSR count). The number of nitrogens with one attached hydrogen (secondary N) is 1. The van der Waals surface area contributed by atoms with E-state index in [1.54, 1.807) is 31.5 Å². The van der Waals surface area contributed by atoms with E-state index in [-0.39, 0.29) is 0 Å². The van der Waals surface area contributed by atoms with Crippen LogP contribution in [0.15, 0.2) is 48.7 Å². The first-order valence-electron chi connectivity index (χ1n) is 6.08. The van der Waals surface area contributed by atoms with Crippen LogP contribution in [0.3, 0.4) is 0 Å². The Balaban J connectivity index is 1.98.